The van der Waals surface area contributed by atoms with Crippen molar-refractivity contribution in [3.63, 3.8) is 0 Å². The van der Waals surface area contributed by atoms with Crippen LogP contribution in [0.2, 0.25) is 0 Å². The number of aryl methyl sites for hydroxylation is 1. The first-order chi connectivity index (χ1) is 14.5. The Bertz CT molecular complexity index is 973. The summed E-state index contributed by atoms with van der Waals surface area (Å²) < 4.78 is 0. The highest BCUT2D eigenvalue weighted by atomic mass is 16.2. The van der Waals surface area contributed by atoms with Crippen molar-refractivity contribution in [1.82, 2.24) is 14.7 Å². The molecule has 2 aliphatic heterocycles. The number of fused-ring (bicyclic) bond motifs is 1. The Hall–Kier alpha value is -2.99. The highest BCUT2D eigenvalue weighted by molar-refractivity contribution is 6.21. The van der Waals surface area contributed by atoms with Gasteiger partial charge in [-0.1, -0.05) is 42.0 Å². The molecule has 1 atom stereocenters. The second-order valence-electron chi connectivity index (χ2n) is 8.19. The topological polar surface area (TPSA) is 60.9 Å². The molecule has 0 spiro atoms. The van der Waals surface area contributed by atoms with Crippen LogP contribution in [0.5, 0.6) is 0 Å². The highest BCUT2D eigenvalue weighted by Gasteiger charge is 2.35. The van der Waals surface area contributed by atoms with Gasteiger partial charge in [-0.3, -0.25) is 19.3 Å². The molecule has 2 aliphatic rings. The lowest BCUT2D eigenvalue weighted by atomic mass is 10.0. The molecule has 30 heavy (non-hydrogen) atoms. The summed E-state index contributed by atoms with van der Waals surface area (Å²) in [5.41, 5.74) is 3.01. The lowest BCUT2D eigenvalue weighted by molar-refractivity contribution is -0.136. The number of nitrogens with zero attached hydrogens (tertiary/aromatic N) is 3. The van der Waals surface area contributed by atoms with Gasteiger partial charge in [-0.15, -0.1) is 0 Å². The molecule has 0 radical (unpaired) electrons. The van der Waals surface area contributed by atoms with Gasteiger partial charge in [-0.2, -0.15) is 0 Å². The summed E-state index contributed by atoms with van der Waals surface area (Å²) >= 11 is 0. The normalized spacial score (nSPS) is 19.3. The van der Waals surface area contributed by atoms with E-state index in [4.69, 9.17) is 0 Å². The Morgan fingerprint density at radius 3 is 2.50 bits per heavy atom. The van der Waals surface area contributed by atoms with Crippen LogP contribution in [0.1, 0.15) is 50.7 Å². The van der Waals surface area contributed by atoms with E-state index in [0.717, 1.165) is 24.2 Å². The van der Waals surface area contributed by atoms with Gasteiger partial charge in [0, 0.05) is 32.6 Å². The summed E-state index contributed by atoms with van der Waals surface area (Å²) in [6, 6.07) is 15.4. The van der Waals surface area contributed by atoms with E-state index in [2.05, 4.69) is 24.1 Å². The Morgan fingerprint density at radius 2 is 1.73 bits per heavy atom. The van der Waals surface area contributed by atoms with Crippen molar-refractivity contribution >= 4 is 17.7 Å². The van der Waals surface area contributed by atoms with Gasteiger partial charge in [0.2, 0.25) is 5.91 Å². The van der Waals surface area contributed by atoms with E-state index in [1.54, 1.807) is 12.1 Å². The molecule has 3 amide bonds. The molecular formula is C24H27N3O3. The number of carbonyl (C=O) groups excluding carboxylic acids is 3. The number of hydrogen-bond acceptors (Lipinski definition) is 4. The van der Waals surface area contributed by atoms with E-state index < -0.39 is 0 Å². The second kappa shape index (κ2) is 8.40. The number of benzene rings is 2. The number of likely N-dealkylation sites (N-methyl/N-ethyl adjacent to an activating group) is 1. The van der Waals surface area contributed by atoms with Crippen molar-refractivity contribution in [2.45, 2.75) is 25.8 Å². The maximum Gasteiger partial charge on any atom is 0.261 e. The van der Waals surface area contributed by atoms with E-state index in [-0.39, 0.29) is 30.3 Å². The Balaban J connectivity index is 1.39. The molecule has 0 bridgehead atoms. The average Bonchev–Trinajstić information content (AvgIpc) is 2.98. The number of piperazine rings is 1. The van der Waals surface area contributed by atoms with Crippen LogP contribution in [0.15, 0.2) is 48.5 Å². The first kappa shape index (κ1) is 20.3. The molecule has 6 heteroatoms. The SMILES string of the molecule is Cc1ccc2c(c1)C(=O)N(CCCC(=O)N1CCN(C)CC1c1ccccc1)C2=O. The van der Waals surface area contributed by atoms with Crippen molar-refractivity contribution in [3.05, 3.63) is 70.8 Å². The van der Waals surface area contributed by atoms with Crippen molar-refractivity contribution in [3.8, 4) is 0 Å². The monoisotopic (exact) mass is 405 g/mol. The standard InChI is InChI=1S/C24H27N3O3/c1-17-10-11-19-20(15-17)24(30)27(23(19)29)12-6-9-22(28)26-14-13-25(2)16-21(26)18-7-4-3-5-8-18/h3-5,7-8,10-11,15,21H,6,9,12-14,16H2,1-2H3. The molecule has 0 aromatic heterocycles. The van der Waals surface area contributed by atoms with Gasteiger partial charge in [0.15, 0.2) is 0 Å². The van der Waals surface area contributed by atoms with Crippen LogP contribution in [0.3, 0.4) is 0 Å². The summed E-state index contributed by atoms with van der Waals surface area (Å²) in [6.07, 6.45) is 0.788. The number of hydrogen-bond donors (Lipinski definition) is 0. The van der Waals surface area contributed by atoms with Crippen molar-refractivity contribution < 1.29 is 14.4 Å². The molecule has 0 saturated carbocycles. The third kappa shape index (κ3) is 3.87. The number of imide groups is 1. The molecule has 156 valence electrons. The third-order valence-corrected chi connectivity index (χ3v) is 5.99. The minimum Gasteiger partial charge on any atom is -0.333 e. The van der Waals surface area contributed by atoms with Crippen molar-refractivity contribution in [1.29, 1.82) is 0 Å². The lowest BCUT2D eigenvalue weighted by Crippen LogP contribution is -2.49. The maximum atomic E-state index is 13.0. The minimum absolute atomic E-state index is 0.0275. The van der Waals surface area contributed by atoms with Crippen LogP contribution >= 0.6 is 0 Å². The minimum atomic E-state index is -0.260. The summed E-state index contributed by atoms with van der Waals surface area (Å²) in [5.74, 6) is -0.443. The fourth-order valence-electron chi connectivity index (χ4n) is 4.32. The smallest absolute Gasteiger partial charge is 0.261 e. The molecule has 6 nitrogen and oxygen atoms in total. The molecular weight excluding hydrogens is 378 g/mol. The van der Waals surface area contributed by atoms with Crippen LogP contribution in [0, 0.1) is 6.92 Å². The van der Waals surface area contributed by atoms with Gasteiger partial charge >= 0.3 is 0 Å². The number of carbonyl (C=O) groups is 3. The van der Waals surface area contributed by atoms with Crippen LogP contribution in [-0.2, 0) is 4.79 Å². The van der Waals surface area contributed by atoms with E-state index in [1.165, 1.54) is 4.90 Å². The molecule has 2 aromatic carbocycles. The van der Waals surface area contributed by atoms with Crippen LogP contribution in [-0.4, -0.2) is 65.6 Å². The predicted molar refractivity (Wildman–Crippen MR) is 114 cm³/mol. The van der Waals surface area contributed by atoms with Crippen molar-refractivity contribution in [2.24, 2.45) is 0 Å². The Labute approximate surface area is 177 Å². The van der Waals surface area contributed by atoms with Crippen LogP contribution < -0.4 is 0 Å². The zero-order valence-corrected chi connectivity index (χ0v) is 17.5. The fourth-order valence-corrected chi connectivity index (χ4v) is 4.32. The predicted octanol–water partition coefficient (Wildman–Crippen LogP) is 2.89. The van der Waals surface area contributed by atoms with Crippen LogP contribution in [0.25, 0.3) is 0 Å². The van der Waals surface area contributed by atoms with Crippen LogP contribution in [0.4, 0.5) is 0 Å². The molecule has 1 unspecified atom stereocenters. The van der Waals surface area contributed by atoms with E-state index in [9.17, 15) is 14.4 Å². The zero-order chi connectivity index (χ0) is 21.3. The first-order valence-corrected chi connectivity index (χ1v) is 10.5. The number of amides is 3. The Kier molecular flexibility index (Phi) is 5.68. The summed E-state index contributed by atoms with van der Waals surface area (Å²) in [4.78, 5) is 43.7. The summed E-state index contributed by atoms with van der Waals surface area (Å²) in [6.45, 7) is 4.49. The average molecular weight is 405 g/mol. The first-order valence-electron chi connectivity index (χ1n) is 10.5. The van der Waals surface area contributed by atoms with Crippen molar-refractivity contribution in [2.75, 3.05) is 33.2 Å². The molecule has 1 fully saturated rings. The molecule has 2 heterocycles. The van der Waals surface area contributed by atoms with Gasteiger partial charge in [0.1, 0.15) is 0 Å². The maximum absolute atomic E-state index is 13.0. The van der Waals surface area contributed by atoms with Gasteiger partial charge in [0.25, 0.3) is 11.8 Å². The molecule has 0 N–H and O–H groups in total. The molecule has 0 aliphatic carbocycles. The Morgan fingerprint density at radius 1 is 1.00 bits per heavy atom. The van der Waals surface area contributed by atoms with E-state index in [1.807, 2.05) is 36.1 Å². The molecule has 1 saturated heterocycles. The number of rotatable bonds is 5. The quantitative estimate of drug-likeness (QED) is 0.718. The van der Waals surface area contributed by atoms with Gasteiger partial charge in [0.05, 0.1) is 17.2 Å². The van der Waals surface area contributed by atoms with E-state index in [0.29, 0.717) is 30.5 Å². The summed E-state index contributed by atoms with van der Waals surface area (Å²) in [5, 5.41) is 0. The van der Waals surface area contributed by atoms with Gasteiger partial charge in [-0.05, 0) is 38.1 Å². The van der Waals surface area contributed by atoms with E-state index >= 15 is 0 Å². The second-order valence-corrected chi connectivity index (χ2v) is 8.19. The highest BCUT2D eigenvalue weighted by Crippen LogP contribution is 2.27. The van der Waals surface area contributed by atoms with Gasteiger partial charge < -0.3 is 9.80 Å². The lowest BCUT2D eigenvalue weighted by Gasteiger charge is -2.40. The fraction of sp³-hybridized carbons (Fsp3) is 0.375. The van der Waals surface area contributed by atoms with Gasteiger partial charge in [-0.25, -0.2) is 0 Å². The third-order valence-electron chi connectivity index (χ3n) is 5.99. The molecule has 2 aromatic rings. The molecule has 4 rings (SSSR count). The summed E-state index contributed by atoms with van der Waals surface area (Å²) in [7, 11) is 2.07. The zero-order valence-electron chi connectivity index (χ0n) is 17.5. The largest absolute Gasteiger partial charge is 0.333 e.